The highest BCUT2D eigenvalue weighted by atomic mass is 35.5. The first-order valence-electron chi connectivity index (χ1n) is 6.94. The molecule has 7 heteroatoms. The van der Waals surface area contributed by atoms with Crippen LogP contribution in [-0.2, 0) is 4.74 Å². The summed E-state index contributed by atoms with van der Waals surface area (Å²) >= 11 is 5.69. The Morgan fingerprint density at radius 2 is 2.14 bits per heavy atom. The minimum absolute atomic E-state index is 0.0545. The molecule has 6 nitrogen and oxygen atoms in total. The maximum Gasteiger partial charge on any atom is 0.409 e. The fourth-order valence-electron chi connectivity index (χ4n) is 2.20. The van der Waals surface area contributed by atoms with E-state index in [1.165, 1.54) is 6.20 Å². The number of rotatable bonds is 3. The Balaban J connectivity index is 1.82. The van der Waals surface area contributed by atoms with Crippen molar-refractivity contribution in [2.75, 3.05) is 19.7 Å². The van der Waals surface area contributed by atoms with Crippen molar-refractivity contribution in [3.05, 3.63) is 29.0 Å². The average Bonchev–Trinajstić information content (AvgIpc) is 2.49. The lowest BCUT2D eigenvalue weighted by molar-refractivity contribution is 0.0860. The normalized spacial score (nSPS) is 15.6. The van der Waals surface area contributed by atoms with Gasteiger partial charge < -0.3 is 15.0 Å². The van der Waals surface area contributed by atoms with E-state index in [0.717, 1.165) is 0 Å². The van der Waals surface area contributed by atoms with Crippen molar-refractivity contribution in [3.8, 4) is 0 Å². The Bertz CT molecular complexity index is 499. The van der Waals surface area contributed by atoms with Crippen molar-refractivity contribution in [1.29, 1.82) is 0 Å². The molecular formula is C14H18ClN3O3. The zero-order valence-corrected chi connectivity index (χ0v) is 12.6. The SMILES string of the molecule is CCOC(=O)N1CCC(NC(=O)c2ccc(Cl)nc2)CC1. The molecule has 0 radical (unpaired) electrons. The van der Waals surface area contributed by atoms with E-state index in [-0.39, 0.29) is 18.0 Å². The molecule has 1 fully saturated rings. The maximum absolute atomic E-state index is 12.0. The van der Waals surface area contributed by atoms with Crippen LogP contribution in [0, 0.1) is 0 Å². The summed E-state index contributed by atoms with van der Waals surface area (Å²) in [7, 11) is 0. The summed E-state index contributed by atoms with van der Waals surface area (Å²) in [6.45, 7) is 3.33. The van der Waals surface area contributed by atoms with Crippen LogP contribution >= 0.6 is 11.6 Å². The number of hydrogen-bond donors (Lipinski definition) is 1. The van der Waals surface area contributed by atoms with E-state index in [0.29, 0.717) is 43.3 Å². The number of amides is 2. The first-order valence-corrected chi connectivity index (χ1v) is 7.32. The number of ether oxygens (including phenoxy) is 1. The molecule has 114 valence electrons. The lowest BCUT2D eigenvalue weighted by Gasteiger charge is -2.31. The Morgan fingerprint density at radius 1 is 1.43 bits per heavy atom. The van der Waals surface area contributed by atoms with Gasteiger partial charge in [-0.2, -0.15) is 0 Å². The molecule has 0 saturated carbocycles. The van der Waals surface area contributed by atoms with Crippen LogP contribution in [0.15, 0.2) is 18.3 Å². The highest BCUT2D eigenvalue weighted by molar-refractivity contribution is 6.29. The van der Waals surface area contributed by atoms with Gasteiger partial charge in [-0.3, -0.25) is 4.79 Å². The smallest absolute Gasteiger partial charge is 0.409 e. The van der Waals surface area contributed by atoms with E-state index in [1.54, 1.807) is 24.0 Å². The summed E-state index contributed by atoms with van der Waals surface area (Å²) in [5.41, 5.74) is 0.479. The maximum atomic E-state index is 12.0. The number of halogens is 1. The lowest BCUT2D eigenvalue weighted by atomic mass is 10.0. The highest BCUT2D eigenvalue weighted by Gasteiger charge is 2.24. The molecule has 0 aromatic carbocycles. The zero-order valence-electron chi connectivity index (χ0n) is 11.8. The van der Waals surface area contributed by atoms with E-state index in [4.69, 9.17) is 16.3 Å². The summed E-state index contributed by atoms with van der Waals surface area (Å²) in [6.07, 6.45) is 2.59. The van der Waals surface area contributed by atoms with Crippen LogP contribution in [0.1, 0.15) is 30.1 Å². The standard InChI is InChI=1S/C14H18ClN3O3/c1-2-21-14(20)18-7-5-11(6-8-18)17-13(19)10-3-4-12(15)16-9-10/h3-4,9,11H,2,5-8H2,1H3,(H,17,19). The largest absolute Gasteiger partial charge is 0.450 e. The van der Waals surface area contributed by atoms with Gasteiger partial charge in [0.1, 0.15) is 5.15 Å². The van der Waals surface area contributed by atoms with Crippen molar-refractivity contribution >= 4 is 23.6 Å². The van der Waals surface area contributed by atoms with E-state index in [9.17, 15) is 9.59 Å². The molecule has 1 N–H and O–H groups in total. The van der Waals surface area contributed by atoms with Crippen molar-refractivity contribution in [1.82, 2.24) is 15.2 Å². The van der Waals surface area contributed by atoms with E-state index >= 15 is 0 Å². The minimum Gasteiger partial charge on any atom is -0.450 e. The monoisotopic (exact) mass is 311 g/mol. The van der Waals surface area contributed by atoms with Gasteiger partial charge in [-0.15, -0.1) is 0 Å². The first kappa shape index (κ1) is 15.6. The van der Waals surface area contributed by atoms with Crippen molar-refractivity contribution in [3.63, 3.8) is 0 Å². The molecule has 0 unspecified atom stereocenters. The molecule has 2 heterocycles. The summed E-state index contributed by atoms with van der Waals surface area (Å²) in [5, 5.41) is 3.30. The van der Waals surface area contributed by atoms with Crippen LogP contribution in [-0.4, -0.2) is 47.6 Å². The van der Waals surface area contributed by atoms with Gasteiger partial charge >= 0.3 is 6.09 Å². The summed E-state index contributed by atoms with van der Waals surface area (Å²) in [4.78, 5) is 29.2. The van der Waals surface area contributed by atoms with Gasteiger partial charge in [-0.1, -0.05) is 11.6 Å². The Labute approximate surface area is 128 Å². The van der Waals surface area contributed by atoms with Crippen LogP contribution in [0.2, 0.25) is 5.15 Å². The molecule has 0 aliphatic carbocycles. The van der Waals surface area contributed by atoms with Gasteiger partial charge in [0.2, 0.25) is 0 Å². The van der Waals surface area contributed by atoms with E-state index < -0.39 is 0 Å². The molecule has 1 aliphatic rings. The third-order valence-electron chi connectivity index (χ3n) is 3.35. The second-order valence-corrected chi connectivity index (χ2v) is 5.19. The molecule has 1 aromatic rings. The van der Waals surface area contributed by atoms with Crippen LogP contribution in [0.3, 0.4) is 0 Å². The average molecular weight is 312 g/mol. The van der Waals surface area contributed by atoms with Gasteiger partial charge in [0, 0.05) is 25.3 Å². The number of carbonyl (C=O) groups excluding carboxylic acids is 2. The Kier molecular flexibility index (Phi) is 5.38. The molecule has 1 saturated heterocycles. The number of piperidine rings is 1. The Morgan fingerprint density at radius 3 is 2.71 bits per heavy atom. The van der Waals surface area contributed by atoms with Gasteiger partial charge in [-0.25, -0.2) is 9.78 Å². The summed E-state index contributed by atoms with van der Waals surface area (Å²) in [6, 6.07) is 3.27. The highest BCUT2D eigenvalue weighted by Crippen LogP contribution is 2.13. The molecule has 0 spiro atoms. The van der Waals surface area contributed by atoms with Crippen LogP contribution in [0.25, 0.3) is 0 Å². The number of likely N-dealkylation sites (tertiary alicyclic amines) is 1. The van der Waals surface area contributed by atoms with E-state index in [2.05, 4.69) is 10.3 Å². The van der Waals surface area contributed by atoms with Crippen LogP contribution in [0.4, 0.5) is 4.79 Å². The van der Waals surface area contributed by atoms with Gasteiger partial charge in [0.05, 0.1) is 12.2 Å². The molecule has 21 heavy (non-hydrogen) atoms. The van der Waals surface area contributed by atoms with Crippen LogP contribution in [0.5, 0.6) is 0 Å². The predicted molar refractivity (Wildman–Crippen MR) is 78.3 cm³/mol. The topological polar surface area (TPSA) is 71.5 Å². The van der Waals surface area contributed by atoms with Crippen molar-refractivity contribution < 1.29 is 14.3 Å². The molecule has 1 aliphatic heterocycles. The minimum atomic E-state index is -0.288. The molecule has 0 atom stereocenters. The quantitative estimate of drug-likeness (QED) is 0.868. The van der Waals surface area contributed by atoms with E-state index in [1.807, 2.05) is 0 Å². The lowest BCUT2D eigenvalue weighted by Crippen LogP contribution is -2.46. The number of nitrogens with zero attached hydrogens (tertiary/aromatic N) is 2. The third-order valence-corrected chi connectivity index (χ3v) is 3.57. The summed E-state index contributed by atoms with van der Waals surface area (Å²) < 4.78 is 4.96. The summed E-state index contributed by atoms with van der Waals surface area (Å²) in [5.74, 6) is -0.172. The number of carbonyl (C=O) groups is 2. The van der Waals surface area contributed by atoms with Crippen LogP contribution < -0.4 is 5.32 Å². The second kappa shape index (κ2) is 7.26. The number of hydrogen-bond acceptors (Lipinski definition) is 4. The molecule has 1 aromatic heterocycles. The molecule has 2 amide bonds. The number of nitrogens with one attached hydrogen (secondary N) is 1. The van der Waals surface area contributed by atoms with Gasteiger partial charge in [-0.05, 0) is 31.9 Å². The fraction of sp³-hybridized carbons (Fsp3) is 0.500. The molecule has 2 rings (SSSR count). The van der Waals surface area contributed by atoms with Gasteiger partial charge in [0.15, 0.2) is 0 Å². The molecular weight excluding hydrogens is 294 g/mol. The zero-order chi connectivity index (χ0) is 15.2. The molecule has 0 bridgehead atoms. The predicted octanol–water partition coefficient (Wildman–Crippen LogP) is 2.09. The number of aromatic nitrogens is 1. The van der Waals surface area contributed by atoms with Crippen molar-refractivity contribution in [2.45, 2.75) is 25.8 Å². The first-order chi connectivity index (χ1) is 10.1. The van der Waals surface area contributed by atoms with Gasteiger partial charge in [0.25, 0.3) is 5.91 Å². The Hall–Kier alpha value is -1.82. The van der Waals surface area contributed by atoms with Crippen molar-refractivity contribution in [2.24, 2.45) is 0 Å². The number of pyridine rings is 1. The second-order valence-electron chi connectivity index (χ2n) is 4.80. The third kappa shape index (κ3) is 4.32. The fourth-order valence-corrected chi connectivity index (χ4v) is 2.31.